The van der Waals surface area contributed by atoms with Crippen LogP contribution in [-0.4, -0.2) is 21.3 Å². The molecule has 0 spiro atoms. The number of carbonyl (C=O) groups is 1. The van der Waals surface area contributed by atoms with Crippen molar-refractivity contribution in [2.45, 2.75) is 33.2 Å². The van der Waals surface area contributed by atoms with Gasteiger partial charge in [-0.25, -0.2) is 9.07 Å². The van der Waals surface area contributed by atoms with E-state index >= 15 is 0 Å². The predicted octanol–water partition coefficient (Wildman–Crippen LogP) is 5.24. The summed E-state index contributed by atoms with van der Waals surface area (Å²) in [5, 5.41) is 12.3. The maximum atomic E-state index is 13.1. The molecule has 0 fully saturated rings. The van der Waals surface area contributed by atoms with Gasteiger partial charge in [-0.05, 0) is 49.1 Å². The Labute approximate surface area is 168 Å². The van der Waals surface area contributed by atoms with E-state index in [9.17, 15) is 9.18 Å². The van der Waals surface area contributed by atoms with Gasteiger partial charge in [-0.3, -0.25) is 4.79 Å². The molecule has 1 heterocycles. The van der Waals surface area contributed by atoms with Crippen LogP contribution < -0.4 is 0 Å². The van der Waals surface area contributed by atoms with E-state index in [0.29, 0.717) is 41.5 Å². The molecular formula is C22H21ClFN3O. The van der Waals surface area contributed by atoms with Gasteiger partial charge in [0.15, 0.2) is 5.78 Å². The zero-order valence-electron chi connectivity index (χ0n) is 15.8. The lowest BCUT2D eigenvalue weighted by atomic mass is 10.0. The lowest BCUT2D eigenvalue weighted by molar-refractivity contribution is 0.0982. The molecule has 0 unspecified atom stereocenters. The fourth-order valence-electron chi connectivity index (χ4n) is 3.04. The molecule has 2 aromatic carbocycles. The largest absolute Gasteiger partial charge is 0.305 e. The van der Waals surface area contributed by atoms with Crippen molar-refractivity contribution >= 4 is 23.1 Å². The molecule has 0 atom stereocenters. The highest BCUT2D eigenvalue weighted by Gasteiger charge is 2.20. The lowest BCUT2D eigenvalue weighted by Gasteiger charge is -2.05. The fourth-order valence-corrected chi connectivity index (χ4v) is 3.38. The molecule has 1 N–H and O–H groups in total. The summed E-state index contributed by atoms with van der Waals surface area (Å²) >= 11 is 6.42. The van der Waals surface area contributed by atoms with Crippen molar-refractivity contribution in [3.63, 3.8) is 0 Å². The van der Waals surface area contributed by atoms with Gasteiger partial charge in [0.25, 0.3) is 0 Å². The van der Waals surface area contributed by atoms with E-state index in [4.69, 9.17) is 17.0 Å². The van der Waals surface area contributed by atoms with E-state index < -0.39 is 0 Å². The molecule has 6 heteroatoms. The van der Waals surface area contributed by atoms with Crippen LogP contribution in [0.15, 0.2) is 48.5 Å². The number of nitrogens with one attached hydrogen (secondary N) is 1. The van der Waals surface area contributed by atoms with Gasteiger partial charge in [-0.15, -0.1) is 0 Å². The number of rotatable bonds is 7. The van der Waals surface area contributed by atoms with Crippen LogP contribution in [0, 0.1) is 18.2 Å². The average Bonchev–Trinajstić information content (AvgIpc) is 2.95. The Morgan fingerprint density at radius 3 is 2.32 bits per heavy atom. The molecule has 0 radical (unpaired) electrons. The number of halogens is 2. The van der Waals surface area contributed by atoms with Crippen molar-refractivity contribution in [3.8, 4) is 0 Å². The summed E-state index contributed by atoms with van der Waals surface area (Å²) in [7, 11) is 0. The van der Waals surface area contributed by atoms with Crippen LogP contribution in [0.25, 0.3) is 0 Å². The zero-order chi connectivity index (χ0) is 20.3. The number of hydrogen-bond acceptors (Lipinski definition) is 3. The number of aromatic nitrogens is 2. The topological polar surface area (TPSA) is 58.7 Å². The van der Waals surface area contributed by atoms with Gasteiger partial charge in [0, 0.05) is 12.1 Å². The minimum Gasteiger partial charge on any atom is -0.305 e. The first-order valence-corrected chi connectivity index (χ1v) is 9.38. The van der Waals surface area contributed by atoms with Crippen molar-refractivity contribution in [1.82, 2.24) is 9.78 Å². The minimum atomic E-state index is -0.300. The Morgan fingerprint density at radius 2 is 1.71 bits per heavy atom. The van der Waals surface area contributed by atoms with Crippen LogP contribution in [0.4, 0.5) is 4.39 Å². The van der Waals surface area contributed by atoms with E-state index in [0.717, 1.165) is 16.7 Å². The van der Waals surface area contributed by atoms with Gasteiger partial charge < -0.3 is 5.41 Å². The lowest BCUT2D eigenvalue weighted by Crippen LogP contribution is -2.05. The Balaban J connectivity index is 1.70. The highest BCUT2D eigenvalue weighted by atomic mass is 35.5. The minimum absolute atomic E-state index is 0.0554. The summed E-state index contributed by atoms with van der Waals surface area (Å²) in [4.78, 5) is 12.7. The third-order valence-electron chi connectivity index (χ3n) is 4.62. The summed E-state index contributed by atoms with van der Waals surface area (Å²) in [5.74, 6) is -0.355. The second kappa shape index (κ2) is 8.48. The number of carbonyl (C=O) groups excluding carboxylic acids is 1. The van der Waals surface area contributed by atoms with Gasteiger partial charge in [-0.1, -0.05) is 48.0 Å². The van der Waals surface area contributed by atoms with Crippen molar-refractivity contribution < 1.29 is 9.18 Å². The standard InChI is InChI=1S/C22H21ClFN3O/c1-14(25)18-8-3-16(4-9-18)7-12-20(28)21-15(2)26-27(22(21)23)13-17-5-10-19(24)11-6-17/h3-6,8-11,25H,7,12-13H2,1-2H3. The number of Topliss-reactive ketones (excluding diaryl/α,β-unsaturated/α-hetero) is 1. The molecule has 28 heavy (non-hydrogen) atoms. The first-order valence-electron chi connectivity index (χ1n) is 9.00. The third kappa shape index (κ3) is 4.54. The molecule has 4 nitrogen and oxygen atoms in total. The SMILES string of the molecule is CC(=N)c1ccc(CCC(=O)c2c(C)nn(Cc3ccc(F)cc3)c2Cl)cc1. The van der Waals surface area contributed by atoms with E-state index in [1.54, 1.807) is 30.7 Å². The molecule has 0 amide bonds. The van der Waals surface area contributed by atoms with Crippen LogP contribution in [-0.2, 0) is 13.0 Å². The molecule has 0 saturated heterocycles. The zero-order valence-corrected chi connectivity index (χ0v) is 16.6. The molecule has 3 aromatic rings. The highest BCUT2D eigenvalue weighted by Crippen LogP contribution is 2.23. The van der Waals surface area contributed by atoms with Gasteiger partial charge in [0.1, 0.15) is 11.0 Å². The first-order chi connectivity index (χ1) is 13.3. The molecule has 0 aliphatic carbocycles. The molecule has 0 saturated carbocycles. The summed E-state index contributed by atoms with van der Waals surface area (Å²) < 4.78 is 14.6. The summed E-state index contributed by atoms with van der Waals surface area (Å²) in [6, 6.07) is 13.8. The Kier molecular flexibility index (Phi) is 6.05. The maximum absolute atomic E-state index is 13.1. The Bertz CT molecular complexity index is 1010. The number of nitrogens with zero attached hydrogens (tertiary/aromatic N) is 2. The smallest absolute Gasteiger partial charge is 0.168 e. The number of ketones is 1. The van der Waals surface area contributed by atoms with Gasteiger partial charge in [-0.2, -0.15) is 5.10 Å². The summed E-state index contributed by atoms with van der Waals surface area (Å²) in [6.45, 7) is 3.88. The predicted molar refractivity (Wildman–Crippen MR) is 109 cm³/mol. The van der Waals surface area contributed by atoms with Gasteiger partial charge >= 0.3 is 0 Å². The van der Waals surface area contributed by atoms with Crippen molar-refractivity contribution in [2.75, 3.05) is 0 Å². The van der Waals surface area contributed by atoms with Crippen LogP contribution in [0.3, 0.4) is 0 Å². The van der Waals surface area contributed by atoms with Crippen molar-refractivity contribution in [3.05, 3.63) is 87.4 Å². The van der Waals surface area contributed by atoms with E-state index in [1.165, 1.54) is 12.1 Å². The molecule has 1 aromatic heterocycles. The van der Waals surface area contributed by atoms with Crippen LogP contribution in [0.5, 0.6) is 0 Å². The van der Waals surface area contributed by atoms with Gasteiger partial charge in [0.2, 0.25) is 0 Å². The number of hydrogen-bond donors (Lipinski definition) is 1. The van der Waals surface area contributed by atoms with Crippen molar-refractivity contribution in [2.24, 2.45) is 0 Å². The molecule has 0 aliphatic rings. The van der Waals surface area contributed by atoms with E-state index in [-0.39, 0.29) is 11.6 Å². The molecule has 0 bridgehead atoms. The van der Waals surface area contributed by atoms with Crippen molar-refractivity contribution in [1.29, 1.82) is 5.41 Å². The number of aryl methyl sites for hydroxylation is 2. The Hall–Kier alpha value is -2.79. The molecular weight excluding hydrogens is 377 g/mol. The third-order valence-corrected chi connectivity index (χ3v) is 5.00. The Morgan fingerprint density at radius 1 is 1.11 bits per heavy atom. The second-order valence-corrected chi connectivity index (χ2v) is 7.14. The van der Waals surface area contributed by atoms with Gasteiger partial charge in [0.05, 0.1) is 17.8 Å². The van der Waals surface area contributed by atoms with E-state index in [2.05, 4.69) is 5.10 Å². The molecule has 144 valence electrons. The average molecular weight is 398 g/mol. The van der Waals surface area contributed by atoms with Crippen LogP contribution >= 0.6 is 11.6 Å². The quantitative estimate of drug-likeness (QED) is 0.438. The van der Waals surface area contributed by atoms with E-state index in [1.807, 2.05) is 24.3 Å². The second-order valence-electron chi connectivity index (χ2n) is 6.78. The molecule has 3 rings (SSSR count). The first kappa shape index (κ1) is 20.0. The fraction of sp³-hybridized carbons (Fsp3) is 0.227. The normalized spacial score (nSPS) is 10.9. The summed E-state index contributed by atoms with van der Waals surface area (Å²) in [5.41, 5.74) is 4.30. The maximum Gasteiger partial charge on any atom is 0.168 e. The van der Waals surface area contributed by atoms with Crippen LogP contribution in [0.1, 0.15) is 46.1 Å². The number of benzene rings is 2. The van der Waals surface area contributed by atoms with Crippen LogP contribution in [0.2, 0.25) is 5.15 Å². The highest BCUT2D eigenvalue weighted by molar-refractivity contribution is 6.33. The summed E-state index contributed by atoms with van der Waals surface area (Å²) in [6.07, 6.45) is 0.917. The molecule has 0 aliphatic heterocycles. The monoisotopic (exact) mass is 397 g/mol.